The van der Waals surface area contributed by atoms with E-state index in [2.05, 4.69) is 15.3 Å². The van der Waals surface area contributed by atoms with E-state index in [4.69, 9.17) is 9.84 Å². The molecular weight excluding hydrogens is 252 g/mol. The van der Waals surface area contributed by atoms with Crippen LogP contribution in [0.1, 0.15) is 12.5 Å². The van der Waals surface area contributed by atoms with Crippen LogP contribution in [-0.4, -0.2) is 36.6 Å². The molecule has 0 radical (unpaired) electrons. The van der Waals surface area contributed by atoms with Gasteiger partial charge in [-0.25, -0.2) is 15.0 Å². The van der Waals surface area contributed by atoms with Crippen LogP contribution in [0, 0.1) is 0 Å². The minimum atomic E-state index is -1.05. The Morgan fingerprint density at radius 3 is 2.79 bits per heavy atom. The fourth-order valence-electron chi connectivity index (χ4n) is 1.20. The Balaban J connectivity index is 2.74. The molecule has 0 aromatic heterocycles. The summed E-state index contributed by atoms with van der Waals surface area (Å²) in [5, 5.41) is 12.3. The van der Waals surface area contributed by atoms with Crippen LogP contribution in [0.15, 0.2) is 29.4 Å². The molecule has 0 spiro atoms. The summed E-state index contributed by atoms with van der Waals surface area (Å²) >= 11 is 0. The maximum Gasteiger partial charge on any atom is 0.427 e. The summed E-state index contributed by atoms with van der Waals surface area (Å²) in [7, 11) is 1.24. The Kier molecular flexibility index (Phi) is 5.34. The average Bonchev–Trinajstić information content (AvgIpc) is 2.42. The molecule has 7 heteroatoms. The predicted octanol–water partition coefficient (Wildman–Crippen LogP) is 1.23. The first-order valence-corrected chi connectivity index (χ1v) is 5.36. The van der Waals surface area contributed by atoms with Crippen molar-refractivity contribution in [2.45, 2.75) is 6.92 Å². The van der Waals surface area contributed by atoms with Crippen LogP contribution in [0.2, 0.25) is 0 Å². The molecule has 1 rings (SSSR count). The summed E-state index contributed by atoms with van der Waals surface area (Å²) in [6, 6.07) is 6.71. The highest BCUT2D eigenvalue weighted by Gasteiger charge is 2.03. The number of rotatable bonds is 5. The number of carbonyl (C=O) groups is 2. The van der Waals surface area contributed by atoms with E-state index in [1.54, 1.807) is 31.2 Å². The van der Waals surface area contributed by atoms with Crippen molar-refractivity contribution in [1.29, 1.82) is 0 Å². The first-order valence-electron chi connectivity index (χ1n) is 5.36. The number of hydrogen-bond donors (Lipinski definition) is 2. The van der Waals surface area contributed by atoms with Gasteiger partial charge in [-0.15, -0.1) is 0 Å². The lowest BCUT2D eigenvalue weighted by Crippen LogP contribution is -2.18. The number of carboxylic acids is 1. The topological polar surface area (TPSA) is 97.2 Å². The number of hydrazone groups is 1. The monoisotopic (exact) mass is 266 g/mol. The van der Waals surface area contributed by atoms with Gasteiger partial charge in [0.2, 0.25) is 0 Å². The van der Waals surface area contributed by atoms with Gasteiger partial charge in [0.05, 0.1) is 12.8 Å². The molecule has 1 aromatic carbocycles. The van der Waals surface area contributed by atoms with Gasteiger partial charge in [0.25, 0.3) is 0 Å². The van der Waals surface area contributed by atoms with E-state index in [1.165, 1.54) is 7.11 Å². The Hall–Kier alpha value is -2.57. The second-order valence-corrected chi connectivity index (χ2v) is 3.51. The molecule has 1 aromatic rings. The Morgan fingerprint density at radius 2 is 2.16 bits per heavy atom. The van der Waals surface area contributed by atoms with E-state index < -0.39 is 18.7 Å². The maximum atomic E-state index is 10.9. The van der Waals surface area contributed by atoms with Crippen LogP contribution >= 0.6 is 0 Å². The summed E-state index contributed by atoms with van der Waals surface area (Å²) in [6.07, 6.45) is -0.669. The van der Waals surface area contributed by atoms with Crippen molar-refractivity contribution in [3.63, 3.8) is 0 Å². The fourth-order valence-corrected chi connectivity index (χ4v) is 1.20. The van der Waals surface area contributed by atoms with Gasteiger partial charge in [0.15, 0.2) is 6.61 Å². The highest BCUT2D eigenvalue weighted by atomic mass is 16.5. The van der Waals surface area contributed by atoms with E-state index in [0.717, 1.165) is 0 Å². The Labute approximate surface area is 109 Å². The number of hydrogen-bond acceptors (Lipinski definition) is 5. The highest BCUT2D eigenvalue weighted by Crippen LogP contribution is 2.13. The molecule has 102 valence electrons. The number of benzene rings is 1. The van der Waals surface area contributed by atoms with Crippen LogP contribution in [-0.2, 0) is 9.53 Å². The first kappa shape index (κ1) is 14.5. The normalized spacial score (nSPS) is 10.7. The van der Waals surface area contributed by atoms with Crippen LogP contribution in [0.3, 0.4) is 0 Å². The molecule has 19 heavy (non-hydrogen) atoms. The third-order valence-corrected chi connectivity index (χ3v) is 2.11. The fraction of sp³-hybridized carbons (Fsp3) is 0.250. The van der Waals surface area contributed by atoms with Crippen LogP contribution in [0.25, 0.3) is 0 Å². The van der Waals surface area contributed by atoms with Crippen molar-refractivity contribution in [3.05, 3.63) is 29.8 Å². The van der Waals surface area contributed by atoms with Crippen molar-refractivity contribution in [3.8, 4) is 5.75 Å². The number of carboxylic acid groups (broad SMARTS) is 1. The lowest BCUT2D eigenvalue weighted by Gasteiger charge is -2.06. The summed E-state index contributed by atoms with van der Waals surface area (Å²) in [4.78, 5) is 21.3. The Bertz CT molecular complexity index is 499. The summed E-state index contributed by atoms with van der Waals surface area (Å²) in [5.41, 5.74) is 3.42. The third-order valence-electron chi connectivity index (χ3n) is 2.11. The Morgan fingerprint density at radius 1 is 1.42 bits per heavy atom. The van der Waals surface area contributed by atoms with Crippen molar-refractivity contribution in [2.24, 2.45) is 5.10 Å². The second-order valence-electron chi connectivity index (χ2n) is 3.51. The van der Waals surface area contributed by atoms with E-state index in [-0.39, 0.29) is 0 Å². The molecule has 0 unspecified atom stereocenters. The first-order chi connectivity index (χ1) is 9.02. The van der Waals surface area contributed by atoms with E-state index in [0.29, 0.717) is 17.0 Å². The SMILES string of the molecule is COC(=O)N/N=C(/C)c1cccc(OCC(=O)O)c1. The average molecular weight is 266 g/mol. The third kappa shape index (κ3) is 5.07. The molecule has 7 nitrogen and oxygen atoms in total. The van der Waals surface area contributed by atoms with Gasteiger partial charge in [-0.2, -0.15) is 5.10 Å². The van der Waals surface area contributed by atoms with Crippen molar-refractivity contribution in [2.75, 3.05) is 13.7 Å². The highest BCUT2D eigenvalue weighted by molar-refractivity contribution is 5.99. The van der Waals surface area contributed by atoms with Crippen LogP contribution < -0.4 is 10.2 Å². The summed E-state index contributed by atoms with van der Waals surface area (Å²) < 4.78 is 9.42. The number of nitrogens with zero attached hydrogens (tertiary/aromatic N) is 1. The minimum absolute atomic E-state index is 0.410. The molecule has 0 aliphatic heterocycles. The molecule has 0 saturated carbocycles. The zero-order valence-corrected chi connectivity index (χ0v) is 10.5. The molecule has 0 bridgehead atoms. The summed E-state index contributed by atoms with van der Waals surface area (Å²) in [5.74, 6) is -0.643. The number of nitrogens with one attached hydrogen (secondary N) is 1. The molecule has 0 aliphatic carbocycles. The summed E-state index contributed by atoms with van der Waals surface area (Å²) in [6.45, 7) is 1.27. The van der Waals surface area contributed by atoms with E-state index in [1.807, 2.05) is 0 Å². The van der Waals surface area contributed by atoms with Gasteiger partial charge in [0, 0.05) is 5.56 Å². The molecule has 0 saturated heterocycles. The number of carbonyl (C=O) groups excluding carboxylic acids is 1. The van der Waals surface area contributed by atoms with E-state index in [9.17, 15) is 9.59 Å². The molecule has 2 N–H and O–H groups in total. The predicted molar refractivity (Wildman–Crippen MR) is 67.3 cm³/mol. The molecule has 0 heterocycles. The number of amides is 1. The lowest BCUT2D eigenvalue weighted by molar-refractivity contribution is -0.139. The lowest BCUT2D eigenvalue weighted by atomic mass is 10.1. The molecule has 0 atom stereocenters. The number of methoxy groups -OCH3 is 1. The molecule has 1 amide bonds. The van der Waals surface area contributed by atoms with Gasteiger partial charge < -0.3 is 14.6 Å². The van der Waals surface area contributed by atoms with Crippen molar-refractivity contribution in [1.82, 2.24) is 5.43 Å². The van der Waals surface area contributed by atoms with Crippen molar-refractivity contribution < 1.29 is 24.2 Å². The maximum absolute atomic E-state index is 10.9. The van der Waals surface area contributed by atoms with Gasteiger partial charge in [-0.1, -0.05) is 12.1 Å². The van der Waals surface area contributed by atoms with Gasteiger partial charge in [0.1, 0.15) is 5.75 Å². The largest absolute Gasteiger partial charge is 0.482 e. The van der Waals surface area contributed by atoms with Gasteiger partial charge in [-0.05, 0) is 19.1 Å². The molecular formula is C12H14N2O5. The second kappa shape index (κ2) is 7.00. The molecule has 0 fully saturated rings. The smallest absolute Gasteiger partial charge is 0.427 e. The van der Waals surface area contributed by atoms with Gasteiger partial charge in [-0.3, -0.25) is 0 Å². The van der Waals surface area contributed by atoms with Crippen LogP contribution in [0.4, 0.5) is 4.79 Å². The number of ether oxygens (including phenoxy) is 2. The minimum Gasteiger partial charge on any atom is -0.482 e. The number of aliphatic carboxylic acids is 1. The van der Waals surface area contributed by atoms with E-state index >= 15 is 0 Å². The van der Waals surface area contributed by atoms with Gasteiger partial charge >= 0.3 is 12.1 Å². The van der Waals surface area contributed by atoms with Crippen molar-refractivity contribution >= 4 is 17.8 Å². The quantitative estimate of drug-likeness (QED) is 0.617. The zero-order valence-electron chi connectivity index (χ0n) is 10.5. The zero-order chi connectivity index (χ0) is 14.3. The molecule has 0 aliphatic rings. The van der Waals surface area contributed by atoms with Crippen LogP contribution in [0.5, 0.6) is 5.75 Å². The standard InChI is InChI=1S/C12H14N2O5/c1-8(13-14-12(17)18-2)9-4-3-5-10(6-9)19-7-11(15)16/h3-6H,7H2,1-2H3,(H,14,17)(H,15,16)/b13-8-.